The highest BCUT2D eigenvalue weighted by Crippen LogP contribution is 2.29. The maximum Gasteiger partial charge on any atom is 0.416 e. The van der Waals surface area contributed by atoms with Crippen molar-refractivity contribution in [2.45, 2.75) is 25.1 Å². The zero-order valence-corrected chi connectivity index (χ0v) is 14.4. The molecule has 1 saturated heterocycles. The number of benzene rings is 1. The number of likely N-dealkylation sites (tertiary alicyclic amines) is 1. The average molecular weight is 368 g/mol. The smallest absolute Gasteiger partial charge is 0.350 e. The van der Waals surface area contributed by atoms with Crippen molar-refractivity contribution in [3.05, 3.63) is 57.8 Å². The largest absolute Gasteiger partial charge is 0.416 e. The van der Waals surface area contributed by atoms with Crippen LogP contribution >= 0.6 is 11.3 Å². The van der Waals surface area contributed by atoms with Crippen LogP contribution in [0.25, 0.3) is 0 Å². The van der Waals surface area contributed by atoms with E-state index in [1.165, 1.54) is 17.7 Å². The summed E-state index contributed by atoms with van der Waals surface area (Å²) in [6.07, 6.45) is -2.10. The molecule has 1 aliphatic heterocycles. The number of carbonyl (C=O) groups excluding carboxylic acids is 1. The quantitative estimate of drug-likeness (QED) is 0.852. The second kappa shape index (κ2) is 7.58. The normalized spacial score (nSPS) is 16.8. The maximum absolute atomic E-state index is 12.6. The highest BCUT2D eigenvalue weighted by atomic mass is 32.1. The second-order valence-electron chi connectivity index (χ2n) is 6.10. The summed E-state index contributed by atoms with van der Waals surface area (Å²) >= 11 is 1.62. The van der Waals surface area contributed by atoms with Crippen LogP contribution in [-0.2, 0) is 6.18 Å². The van der Waals surface area contributed by atoms with Gasteiger partial charge >= 0.3 is 6.18 Å². The van der Waals surface area contributed by atoms with Crippen molar-refractivity contribution in [2.24, 2.45) is 0 Å². The molecule has 2 aromatic rings. The Balaban J connectivity index is 1.65. The van der Waals surface area contributed by atoms with Crippen LogP contribution in [-0.4, -0.2) is 30.4 Å². The van der Waals surface area contributed by atoms with Crippen molar-refractivity contribution < 1.29 is 18.0 Å². The van der Waals surface area contributed by atoms with Gasteiger partial charge in [0.2, 0.25) is 0 Å². The number of nitrogens with one attached hydrogen (secondary N) is 1. The van der Waals surface area contributed by atoms with Crippen molar-refractivity contribution in [3.8, 4) is 0 Å². The molecular weight excluding hydrogens is 349 g/mol. The van der Waals surface area contributed by atoms with E-state index >= 15 is 0 Å². The molecule has 2 heterocycles. The van der Waals surface area contributed by atoms with E-state index in [4.69, 9.17) is 0 Å². The molecule has 1 unspecified atom stereocenters. The van der Waals surface area contributed by atoms with Gasteiger partial charge in [-0.25, -0.2) is 0 Å². The standard InChI is InChI=1S/C18H19F3N2OS/c19-18(20,21)15-5-3-13(4-6-15)17(24)22-11-16(14-7-10-25-12-14)23-8-1-2-9-23/h3-7,10,12,16H,1-2,8-9,11H2,(H,22,24). The highest BCUT2D eigenvalue weighted by molar-refractivity contribution is 7.07. The first-order valence-corrected chi connectivity index (χ1v) is 9.11. The van der Waals surface area contributed by atoms with E-state index in [2.05, 4.69) is 21.7 Å². The molecule has 3 nitrogen and oxygen atoms in total. The number of hydrogen-bond acceptors (Lipinski definition) is 3. The van der Waals surface area contributed by atoms with Gasteiger partial charge < -0.3 is 5.32 Å². The number of carbonyl (C=O) groups is 1. The van der Waals surface area contributed by atoms with E-state index < -0.39 is 11.7 Å². The van der Waals surface area contributed by atoms with E-state index in [9.17, 15) is 18.0 Å². The number of rotatable bonds is 5. The summed E-state index contributed by atoms with van der Waals surface area (Å²) in [6, 6.07) is 6.46. The zero-order valence-electron chi connectivity index (χ0n) is 13.6. The van der Waals surface area contributed by atoms with E-state index in [0.717, 1.165) is 38.1 Å². The molecule has 7 heteroatoms. The minimum atomic E-state index is -4.39. The molecule has 25 heavy (non-hydrogen) atoms. The van der Waals surface area contributed by atoms with Crippen molar-refractivity contribution in [2.75, 3.05) is 19.6 Å². The predicted molar refractivity (Wildman–Crippen MR) is 91.6 cm³/mol. The number of alkyl halides is 3. The Hall–Kier alpha value is -1.86. The summed E-state index contributed by atoms with van der Waals surface area (Å²) in [7, 11) is 0. The highest BCUT2D eigenvalue weighted by Gasteiger charge is 2.30. The van der Waals surface area contributed by atoms with Gasteiger partial charge in [0.05, 0.1) is 11.6 Å². The lowest BCUT2D eigenvalue weighted by Crippen LogP contribution is -2.36. The molecule has 3 rings (SSSR count). The predicted octanol–water partition coefficient (Wildman–Crippen LogP) is 4.33. The third kappa shape index (κ3) is 4.41. The SMILES string of the molecule is O=C(NCC(c1ccsc1)N1CCCC1)c1ccc(C(F)(F)F)cc1. The Morgan fingerprint density at radius 1 is 1.16 bits per heavy atom. The third-order valence-corrected chi connectivity index (χ3v) is 5.14. The van der Waals surface area contributed by atoms with Crippen LogP contribution in [0.5, 0.6) is 0 Å². The monoisotopic (exact) mass is 368 g/mol. The molecule has 0 saturated carbocycles. The maximum atomic E-state index is 12.6. The minimum Gasteiger partial charge on any atom is -0.350 e. The van der Waals surface area contributed by atoms with Gasteiger partial charge in [-0.3, -0.25) is 9.69 Å². The average Bonchev–Trinajstić information content (AvgIpc) is 3.28. The third-order valence-electron chi connectivity index (χ3n) is 4.44. The van der Waals surface area contributed by atoms with Crippen molar-refractivity contribution in [3.63, 3.8) is 0 Å². The lowest BCUT2D eigenvalue weighted by atomic mass is 10.1. The van der Waals surface area contributed by atoms with E-state index in [1.54, 1.807) is 11.3 Å². The molecule has 1 aromatic carbocycles. The Kier molecular flexibility index (Phi) is 5.44. The fourth-order valence-corrected chi connectivity index (χ4v) is 3.78. The number of thiophene rings is 1. The van der Waals surface area contributed by atoms with E-state index in [1.807, 2.05) is 5.38 Å². The van der Waals surface area contributed by atoms with Crippen LogP contribution in [0, 0.1) is 0 Å². The Morgan fingerprint density at radius 2 is 1.84 bits per heavy atom. The van der Waals surface area contributed by atoms with Gasteiger partial charge in [0.25, 0.3) is 5.91 Å². The lowest BCUT2D eigenvalue weighted by Gasteiger charge is -2.27. The molecule has 0 spiro atoms. The zero-order chi connectivity index (χ0) is 17.9. The van der Waals surface area contributed by atoms with Crippen LogP contribution < -0.4 is 5.32 Å². The number of hydrogen-bond donors (Lipinski definition) is 1. The summed E-state index contributed by atoms with van der Waals surface area (Å²) in [5, 5.41) is 6.95. The summed E-state index contributed by atoms with van der Waals surface area (Å²) in [4.78, 5) is 14.6. The van der Waals surface area contributed by atoms with Crippen LogP contribution in [0.4, 0.5) is 13.2 Å². The fraction of sp³-hybridized carbons (Fsp3) is 0.389. The molecule has 1 amide bonds. The summed E-state index contributed by atoms with van der Waals surface area (Å²) in [5.74, 6) is -0.354. The Bertz CT molecular complexity index is 692. The van der Waals surface area contributed by atoms with Gasteiger partial charge in [0.1, 0.15) is 0 Å². The number of halogens is 3. The van der Waals surface area contributed by atoms with Gasteiger partial charge in [-0.05, 0) is 72.6 Å². The molecule has 134 valence electrons. The first-order chi connectivity index (χ1) is 11.9. The Labute approximate surface area is 148 Å². The molecule has 1 aliphatic rings. The molecule has 1 N–H and O–H groups in total. The number of nitrogens with zero attached hydrogens (tertiary/aromatic N) is 1. The summed E-state index contributed by atoms with van der Waals surface area (Å²) in [5.41, 5.74) is 0.648. The van der Waals surface area contributed by atoms with Crippen molar-refractivity contribution in [1.29, 1.82) is 0 Å². The summed E-state index contributed by atoms with van der Waals surface area (Å²) < 4.78 is 37.8. The molecule has 0 aliphatic carbocycles. The topological polar surface area (TPSA) is 32.3 Å². The first kappa shape index (κ1) is 17.9. The van der Waals surface area contributed by atoms with Gasteiger partial charge in [-0.2, -0.15) is 24.5 Å². The molecular formula is C18H19F3N2OS. The first-order valence-electron chi connectivity index (χ1n) is 8.17. The second-order valence-corrected chi connectivity index (χ2v) is 6.88. The minimum absolute atomic E-state index is 0.104. The lowest BCUT2D eigenvalue weighted by molar-refractivity contribution is -0.137. The van der Waals surface area contributed by atoms with Gasteiger partial charge in [0, 0.05) is 12.1 Å². The van der Waals surface area contributed by atoms with Crippen LogP contribution in [0.2, 0.25) is 0 Å². The van der Waals surface area contributed by atoms with Crippen LogP contribution in [0.15, 0.2) is 41.1 Å². The summed E-state index contributed by atoms with van der Waals surface area (Å²) in [6.45, 7) is 2.43. The number of amides is 1. The van der Waals surface area contributed by atoms with Crippen LogP contribution in [0.3, 0.4) is 0 Å². The van der Waals surface area contributed by atoms with Gasteiger partial charge in [-0.1, -0.05) is 0 Å². The van der Waals surface area contributed by atoms with Crippen molar-refractivity contribution >= 4 is 17.2 Å². The van der Waals surface area contributed by atoms with Crippen LogP contribution in [0.1, 0.15) is 40.4 Å². The molecule has 0 radical (unpaired) electrons. The molecule has 1 atom stereocenters. The fourth-order valence-electron chi connectivity index (χ4n) is 3.08. The Morgan fingerprint density at radius 3 is 2.40 bits per heavy atom. The van der Waals surface area contributed by atoms with E-state index in [-0.39, 0.29) is 17.5 Å². The van der Waals surface area contributed by atoms with Crippen molar-refractivity contribution in [1.82, 2.24) is 10.2 Å². The molecule has 0 bridgehead atoms. The van der Waals surface area contributed by atoms with Gasteiger partial charge in [0.15, 0.2) is 0 Å². The molecule has 1 aromatic heterocycles. The molecule has 1 fully saturated rings. The van der Waals surface area contributed by atoms with Gasteiger partial charge in [-0.15, -0.1) is 0 Å². The van der Waals surface area contributed by atoms with E-state index in [0.29, 0.717) is 6.54 Å².